The molecule has 13 heteroatoms. The number of aromatic nitrogens is 3. The fraction of sp³-hybridized carbons (Fsp3) is 0.593. The fourth-order valence-electron chi connectivity index (χ4n) is 4.75. The van der Waals surface area contributed by atoms with Gasteiger partial charge in [0.05, 0.1) is 23.1 Å². The van der Waals surface area contributed by atoms with Crippen molar-refractivity contribution in [3.8, 4) is 17.2 Å². The molecule has 1 fully saturated rings. The van der Waals surface area contributed by atoms with Crippen LogP contribution in [0.2, 0.25) is 0 Å². The van der Waals surface area contributed by atoms with Gasteiger partial charge in [0.1, 0.15) is 17.2 Å². The summed E-state index contributed by atoms with van der Waals surface area (Å²) in [6.45, 7) is 8.39. The Hall–Kier alpha value is -3.16. The highest BCUT2D eigenvalue weighted by molar-refractivity contribution is 5.88. The first-order valence-electron chi connectivity index (χ1n) is 13.1. The van der Waals surface area contributed by atoms with Crippen molar-refractivity contribution < 1.29 is 37.6 Å². The number of alkyl halides is 3. The summed E-state index contributed by atoms with van der Waals surface area (Å²) in [4.78, 5) is 13.3. The third kappa shape index (κ3) is 6.76. The maximum Gasteiger partial charge on any atom is 0.422 e. The van der Waals surface area contributed by atoms with Crippen LogP contribution in [0.5, 0.6) is 5.88 Å². The topological polar surface area (TPSA) is 146 Å². The van der Waals surface area contributed by atoms with E-state index in [1.807, 2.05) is 0 Å². The van der Waals surface area contributed by atoms with Crippen LogP contribution >= 0.6 is 0 Å². The number of aliphatic hydroxyl groups excluding tert-OH is 2. The summed E-state index contributed by atoms with van der Waals surface area (Å²) < 4.78 is 48.9. The Morgan fingerprint density at radius 3 is 2.45 bits per heavy atom. The fourth-order valence-corrected chi connectivity index (χ4v) is 4.75. The highest BCUT2D eigenvalue weighted by Crippen LogP contribution is 2.39. The minimum Gasteiger partial charge on any atom is -0.468 e. The summed E-state index contributed by atoms with van der Waals surface area (Å²) in [5, 5.41) is 38.1. The van der Waals surface area contributed by atoms with Crippen molar-refractivity contribution in [2.45, 2.75) is 65.3 Å². The van der Waals surface area contributed by atoms with E-state index in [1.165, 1.54) is 6.07 Å². The Balaban J connectivity index is 1.71. The molecule has 1 aliphatic carbocycles. The van der Waals surface area contributed by atoms with Crippen molar-refractivity contribution in [2.75, 3.05) is 36.9 Å². The lowest BCUT2D eigenvalue weighted by molar-refractivity contribution is -0.154. The molecule has 3 aromatic heterocycles. The van der Waals surface area contributed by atoms with Crippen molar-refractivity contribution in [1.29, 1.82) is 0 Å². The zero-order valence-corrected chi connectivity index (χ0v) is 23.2. The summed E-state index contributed by atoms with van der Waals surface area (Å²) in [6, 6.07) is 3.01. The number of halogens is 3. The predicted molar refractivity (Wildman–Crippen MR) is 143 cm³/mol. The molecule has 1 aliphatic rings. The van der Waals surface area contributed by atoms with Crippen molar-refractivity contribution in [2.24, 2.45) is 11.3 Å². The Morgan fingerprint density at radius 2 is 1.82 bits per heavy atom. The molecular formula is C27H36F3N5O5. The standard InChI is InChI=1S/C27H36F3N5O5/c1-14-20(18-8-17-9-19(39-13-27(28,29)30)33-15(2)21(17)40-18)23(35-24(34-14)32-11-25(3,4)5)31-12-26(38)7-6-16(10-36)22(26)37/h8-9,16,22,36-38H,6-7,10-13H2,1-5H3,(H2,31,32,34,35)/t16-,22-,26+/m1/s1. The third-order valence-corrected chi connectivity index (χ3v) is 6.88. The molecule has 3 atom stereocenters. The van der Waals surface area contributed by atoms with Crippen LogP contribution in [0.4, 0.5) is 24.9 Å². The lowest BCUT2D eigenvalue weighted by atomic mass is 9.96. The SMILES string of the molecule is Cc1nc(NCC(C)(C)C)nc(NC[C@@]2(O)CC[C@H](CO)[C@H]2O)c1-c1cc2cc(OCC(F)(F)F)nc(C)c2o1. The number of ether oxygens (including phenoxy) is 1. The highest BCUT2D eigenvalue weighted by atomic mass is 19.4. The number of anilines is 2. The average Bonchev–Trinajstić information content (AvgIpc) is 3.40. The van der Waals surface area contributed by atoms with Crippen LogP contribution in [0.3, 0.4) is 0 Å². The summed E-state index contributed by atoms with van der Waals surface area (Å²) in [6.07, 6.45) is -4.86. The van der Waals surface area contributed by atoms with Crippen LogP contribution in [-0.4, -0.2) is 74.5 Å². The Labute approximate surface area is 230 Å². The molecule has 0 saturated heterocycles. The number of aliphatic hydroxyl groups is 3. The minimum absolute atomic E-state index is 0.0525. The lowest BCUT2D eigenvalue weighted by Crippen LogP contribution is -2.46. The molecule has 0 radical (unpaired) electrons. The molecule has 10 nitrogen and oxygen atoms in total. The second-order valence-corrected chi connectivity index (χ2v) is 11.6. The number of nitrogens with zero attached hydrogens (tertiary/aromatic N) is 3. The van der Waals surface area contributed by atoms with E-state index in [4.69, 9.17) is 9.15 Å². The molecule has 0 aromatic carbocycles. The normalized spacial score (nSPS) is 21.7. The van der Waals surface area contributed by atoms with Gasteiger partial charge in [-0.1, -0.05) is 20.8 Å². The Bertz CT molecular complexity index is 1360. The van der Waals surface area contributed by atoms with Crippen LogP contribution in [0.15, 0.2) is 16.5 Å². The molecule has 5 N–H and O–H groups in total. The average molecular weight is 568 g/mol. The third-order valence-electron chi connectivity index (χ3n) is 6.88. The largest absolute Gasteiger partial charge is 0.468 e. The van der Waals surface area contributed by atoms with Gasteiger partial charge in [-0.2, -0.15) is 18.2 Å². The number of rotatable bonds is 9. The lowest BCUT2D eigenvalue weighted by Gasteiger charge is -2.29. The highest BCUT2D eigenvalue weighted by Gasteiger charge is 2.46. The molecule has 0 unspecified atom stereocenters. The minimum atomic E-state index is -4.50. The number of fused-ring (bicyclic) bond motifs is 1. The van der Waals surface area contributed by atoms with Crippen LogP contribution in [0.1, 0.15) is 45.0 Å². The molecule has 0 bridgehead atoms. The molecule has 220 valence electrons. The van der Waals surface area contributed by atoms with Gasteiger partial charge in [-0.15, -0.1) is 0 Å². The van der Waals surface area contributed by atoms with Crippen LogP contribution in [0, 0.1) is 25.2 Å². The second-order valence-electron chi connectivity index (χ2n) is 11.6. The van der Waals surface area contributed by atoms with Crippen LogP contribution < -0.4 is 15.4 Å². The molecule has 3 heterocycles. The number of pyridine rings is 1. The smallest absolute Gasteiger partial charge is 0.422 e. The van der Waals surface area contributed by atoms with Gasteiger partial charge >= 0.3 is 6.18 Å². The monoisotopic (exact) mass is 567 g/mol. The molecule has 0 spiro atoms. The summed E-state index contributed by atoms with van der Waals surface area (Å²) >= 11 is 0. The zero-order chi connectivity index (χ0) is 29.5. The quantitative estimate of drug-likeness (QED) is 0.255. The van der Waals surface area contributed by atoms with E-state index >= 15 is 0 Å². The first-order valence-corrected chi connectivity index (χ1v) is 13.1. The number of nitrogens with one attached hydrogen (secondary N) is 2. The van der Waals surface area contributed by atoms with E-state index < -0.39 is 30.4 Å². The molecule has 40 heavy (non-hydrogen) atoms. The first-order chi connectivity index (χ1) is 18.6. The van der Waals surface area contributed by atoms with Gasteiger partial charge in [0.15, 0.2) is 12.2 Å². The molecule has 0 amide bonds. The number of hydrogen-bond acceptors (Lipinski definition) is 10. The van der Waals surface area contributed by atoms with E-state index in [1.54, 1.807) is 19.9 Å². The van der Waals surface area contributed by atoms with E-state index in [-0.39, 0.29) is 30.9 Å². The molecule has 0 aliphatic heterocycles. The van der Waals surface area contributed by atoms with Gasteiger partial charge in [-0.3, -0.25) is 0 Å². The molecule has 1 saturated carbocycles. The second kappa shape index (κ2) is 11.0. The summed E-state index contributed by atoms with van der Waals surface area (Å²) in [5.41, 5.74) is 0.188. The maximum atomic E-state index is 12.7. The first kappa shape index (κ1) is 29.8. The Kier molecular flexibility index (Phi) is 8.21. The number of hydrogen-bond donors (Lipinski definition) is 5. The van der Waals surface area contributed by atoms with E-state index in [9.17, 15) is 28.5 Å². The predicted octanol–water partition coefficient (Wildman–Crippen LogP) is 4.21. The molecule has 4 rings (SSSR count). The van der Waals surface area contributed by atoms with E-state index in [2.05, 4.69) is 46.4 Å². The summed E-state index contributed by atoms with van der Waals surface area (Å²) in [5.74, 6) is 0.404. The summed E-state index contributed by atoms with van der Waals surface area (Å²) in [7, 11) is 0. The van der Waals surface area contributed by atoms with Gasteiger partial charge in [-0.25, -0.2) is 9.97 Å². The number of aryl methyl sites for hydroxylation is 2. The van der Waals surface area contributed by atoms with Gasteiger partial charge in [-0.05, 0) is 38.2 Å². The zero-order valence-electron chi connectivity index (χ0n) is 23.2. The van der Waals surface area contributed by atoms with Gasteiger partial charge in [0.2, 0.25) is 11.8 Å². The van der Waals surface area contributed by atoms with Gasteiger partial charge in [0, 0.05) is 37.1 Å². The molecular weight excluding hydrogens is 531 g/mol. The Morgan fingerprint density at radius 1 is 1.10 bits per heavy atom. The van der Waals surface area contributed by atoms with Crippen LogP contribution in [-0.2, 0) is 0 Å². The number of furan rings is 1. The van der Waals surface area contributed by atoms with Crippen molar-refractivity contribution >= 4 is 22.7 Å². The van der Waals surface area contributed by atoms with Crippen molar-refractivity contribution in [3.05, 3.63) is 23.5 Å². The van der Waals surface area contributed by atoms with Gasteiger partial charge < -0.3 is 35.1 Å². The van der Waals surface area contributed by atoms with E-state index in [0.29, 0.717) is 58.4 Å². The van der Waals surface area contributed by atoms with Crippen LogP contribution in [0.25, 0.3) is 22.3 Å². The van der Waals surface area contributed by atoms with Crippen molar-refractivity contribution in [3.63, 3.8) is 0 Å². The maximum absolute atomic E-state index is 12.7. The van der Waals surface area contributed by atoms with E-state index in [0.717, 1.165) is 0 Å². The molecule has 3 aromatic rings. The van der Waals surface area contributed by atoms with Crippen molar-refractivity contribution in [1.82, 2.24) is 15.0 Å². The van der Waals surface area contributed by atoms with Gasteiger partial charge in [0.25, 0.3) is 0 Å².